The fourth-order valence-electron chi connectivity index (χ4n) is 19.9. The van der Waals surface area contributed by atoms with Crippen molar-refractivity contribution in [3.8, 4) is 0 Å². The van der Waals surface area contributed by atoms with Gasteiger partial charge in [-0.2, -0.15) is 0 Å². The van der Waals surface area contributed by atoms with Crippen molar-refractivity contribution >= 4 is 259 Å². The topological polar surface area (TPSA) is 466 Å². The minimum atomic E-state index is -3.22. The number of nitrogens with one attached hydrogen (secondary N) is 2. The minimum absolute atomic E-state index is 0. The van der Waals surface area contributed by atoms with Gasteiger partial charge in [0.2, 0.25) is 0 Å². The Morgan fingerprint density at radius 3 is 1.04 bits per heavy atom. The van der Waals surface area contributed by atoms with Crippen LogP contribution in [0.25, 0.3) is 40.9 Å². The highest BCUT2D eigenvalue weighted by molar-refractivity contribution is 8.24. The van der Waals surface area contributed by atoms with Crippen LogP contribution in [0.2, 0.25) is 10.3 Å². The number of thiophene rings is 6. The summed E-state index contributed by atoms with van der Waals surface area (Å²) in [5, 5.41) is 6.02. The highest BCUT2D eigenvalue weighted by atomic mass is 36.0. The molecule has 0 bridgehead atoms. The average Bonchev–Trinajstić information content (AvgIpc) is 1.60. The van der Waals surface area contributed by atoms with Gasteiger partial charge in [-0.25, -0.2) is 44.5 Å². The van der Waals surface area contributed by atoms with Crippen LogP contribution in [0.1, 0.15) is 187 Å². The quantitative estimate of drug-likeness (QED) is 0.0292. The summed E-state index contributed by atoms with van der Waals surface area (Å²) >= 11 is 35.6. The van der Waals surface area contributed by atoms with E-state index in [-0.39, 0.29) is 102 Å². The second-order valence-electron chi connectivity index (χ2n) is 35.1. The van der Waals surface area contributed by atoms with Gasteiger partial charge in [-0.05, 0) is 248 Å². The lowest BCUT2D eigenvalue weighted by molar-refractivity contribution is -0.146. The van der Waals surface area contributed by atoms with E-state index in [0.29, 0.717) is 100 Å². The summed E-state index contributed by atoms with van der Waals surface area (Å²) in [5.41, 5.74) is 24.7. The molecule has 48 heteroatoms. The molecule has 8 aliphatic carbocycles. The van der Waals surface area contributed by atoms with Crippen molar-refractivity contribution in [1.29, 1.82) is 0 Å². The fraction of sp³-hybridized carbons (Fsp3) is 0.574. The Bertz CT molecular complexity index is 5940. The number of esters is 8. The minimum Gasteiger partial charge on any atom is -0.469 e. The molecule has 12 heterocycles. The number of rotatable bonds is 14. The number of carbonyl (C=O) groups excluding carboxylic acids is 8. The van der Waals surface area contributed by atoms with Crippen LogP contribution in [0.15, 0.2) is 30.1 Å². The first-order chi connectivity index (χ1) is 67.4. The molecule has 10 aromatic heterocycles. The van der Waals surface area contributed by atoms with Crippen LogP contribution in [0.4, 0.5) is 15.8 Å². The second-order valence-corrected chi connectivity index (χ2v) is 49.1. The van der Waals surface area contributed by atoms with Gasteiger partial charge in [0.15, 0.2) is 0 Å². The summed E-state index contributed by atoms with van der Waals surface area (Å²) in [4.78, 5) is 154. The molecule has 34 nitrogen and oxygen atoms in total. The Balaban J connectivity index is 0.000000158. The van der Waals surface area contributed by atoms with Crippen LogP contribution in [0, 0.1) is 35.5 Å². The van der Waals surface area contributed by atoms with Gasteiger partial charge in [0.05, 0.1) is 157 Å². The number of nitrogens with zero attached hydrogens (tertiary/aromatic N) is 9. The van der Waals surface area contributed by atoms with Crippen LogP contribution in [0.3, 0.4) is 0 Å². The molecular formula is C94H120Cl7N14O20PS6. The molecule has 6 unspecified atom stereocenters. The zero-order valence-electron chi connectivity index (χ0n) is 80.1. The SMILES string of the molecule is CCOC(=O)c1c(N)sc2c1CC(C(=O)OC)CC2.CCOC(=O)c1c(N)sc2c1CC(C(=O)OC)CC2.COC(=O)C1CCc2sc3nc[nH]c(=O)c3c2C1.COC(=O)C1CCc2sc3ncnc(Cl)c3c2C1.COC(=O)C1CCc2sc3ncnc(Cl)c3c2C1.COC(=O)C1CCc2sc3ncnc(NC4CCC(N5CCOCC5)CC4)c3c2C1.Cl.Cl.NC1CCC(N2CCOCC2)CC1.O=P(Cl)(Cl)Cl. The first-order valence-electron chi connectivity index (χ1n) is 46.9. The highest BCUT2D eigenvalue weighted by Gasteiger charge is 2.39. The summed E-state index contributed by atoms with van der Waals surface area (Å²) in [6, 6.07) is 2.39. The molecule has 20 rings (SSSR count). The number of H-pyrrole nitrogens is 1. The second kappa shape index (κ2) is 54.5. The van der Waals surface area contributed by atoms with E-state index in [4.69, 9.17) is 87.8 Å². The number of aromatic amines is 1. The molecule has 10 aliphatic rings. The van der Waals surface area contributed by atoms with Gasteiger partial charge in [-0.3, -0.25) is 47.9 Å². The molecule has 2 saturated carbocycles. The van der Waals surface area contributed by atoms with Crippen molar-refractivity contribution in [1.82, 2.24) is 49.7 Å². The molecular weight excluding hydrogens is 2120 g/mol. The molecule has 2 saturated heterocycles. The number of fused-ring (bicyclic) bond motifs is 14. The van der Waals surface area contributed by atoms with Crippen molar-refractivity contribution in [3.63, 3.8) is 0 Å². The number of morpholine rings is 2. The maximum absolute atomic E-state index is 12.1. The molecule has 0 radical (unpaired) electrons. The van der Waals surface area contributed by atoms with Crippen LogP contribution in [-0.2, 0) is 158 Å². The summed E-state index contributed by atoms with van der Waals surface area (Å²) in [7, 11) is 8.50. The number of aromatic nitrogens is 8. The van der Waals surface area contributed by atoms with E-state index in [1.165, 1.54) is 148 Å². The molecule has 2 aliphatic heterocycles. The Morgan fingerprint density at radius 1 is 0.423 bits per heavy atom. The molecule has 142 heavy (non-hydrogen) atoms. The number of carbonyl (C=O) groups is 8. The lowest BCUT2D eigenvalue weighted by Gasteiger charge is -2.39. The van der Waals surface area contributed by atoms with E-state index in [1.807, 2.05) is 0 Å². The Morgan fingerprint density at radius 2 is 0.711 bits per heavy atom. The molecule has 0 aromatic carbocycles. The van der Waals surface area contributed by atoms with Gasteiger partial charge >= 0.3 is 53.0 Å². The van der Waals surface area contributed by atoms with Gasteiger partial charge in [-0.1, -0.05) is 23.2 Å². The van der Waals surface area contributed by atoms with E-state index in [9.17, 15) is 47.7 Å². The van der Waals surface area contributed by atoms with Gasteiger partial charge < -0.3 is 74.9 Å². The number of halogens is 7. The average molecular weight is 2240 g/mol. The zero-order valence-corrected chi connectivity index (χ0v) is 91.3. The summed E-state index contributed by atoms with van der Waals surface area (Å²) < 4.78 is 59.4. The number of anilines is 3. The lowest BCUT2D eigenvalue weighted by Crippen LogP contribution is -2.46. The third-order valence-electron chi connectivity index (χ3n) is 26.9. The predicted octanol–water partition coefficient (Wildman–Crippen LogP) is 17.3. The van der Waals surface area contributed by atoms with Gasteiger partial charge in [0.25, 0.3) is 5.56 Å². The van der Waals surface area contributed by atoms with Crippen molar-refractivity contribution in [2.75, 3.05) is 125 Å². The Labute approximate surface area is 883 Å². The first-order valence-corrected chi connectivity index (χ1v) is 56.9. The number of hydrogen-bond acceptors (Lipinski definition) is 39. The Kier molecular flexibility index (Phi) is 44.1. The van der Waals surface area contributed by atoms with Crippen LogP contribution in [0.5, 0.6) is 0 Å². The molecule has 0 amide bonds. The molecule has 0 spiro atoms. The third kappa shape index (κ3) is 29.2. The predicted molar refractivity (Wildman–Crippen MR) is 561 cm³/mol. The largest absolute Gasteiger partial charge is 0.469 e. The molecule has 4 fully saturated rings. The number of aryl methyl sites for hydroxylation is 6. The Hall–Kier alpha value is -7.42. The van der Waals surface area contributed by atoms with Gasteiger partial charge in [-0.15, -0.1) is 92.8 Å². The molecule has 776 valence electrons. The van der Waals surface area contributed by atoms with Gasteiger partial charge in [0.1, 0.15) is 64.4 Å². The highest BCUT2D eigenvalue weighted by Crippen LogP contribution is 2.61. The van der Waals surface area contributed by atoms with Crippen molar-refractivity contribution < 1.29 is 90.3 Å². The van der Waals surface area contributed by atoms with Crippen molar-refractivity contribution in [3.05, 3.63) is 120 Å². The molecule has 6 atom stereocenters. The first kappa shape index (κ1) is 115. The molecule has 8 N–H and O–H groups in total. The normalized spacial score (nSPS) is 21.5. The lowest BCUT2D eigenvalue weighted by atomic mass is 9.86. The molecule has 10 aromatic rings. The van der Waals surface area contributed by atoms with E-state index < -0.39 is 17.1 Å². The van der Waals surface area contributed by atoms with Gasteiger partial charge in [0, 0.05) is 79.6 Å². The fourth-order valence-corrected chi connectivity index (χ4v) is 27.4. The van der Waals surface area contributed by atoms with Crippen molar-refractivity contribution in [2.45, 2.75) is 205 Å². The van der Waals surface area contributed by atoms with Crippen LogP contribution in [-0.4, -0.2) is 230 Å². The number of nitrogens with two attached hydrogens (primary N) is 3. The van der Waals surface area contributed by atoms with E-state index in [1.54, 1.807) is 65.5 Å². The van der Waals surface area contributed by atoms with Crippen molar-refractivity contribution in [2.24, 2.45) is 41.2 Å². The monoisotopic (exact) mass is 2230 g/mol. The van der Waals surface area contributed by atoms with E-state index >= 15 is 0 Å². The number of ether oxygens (including phenoxy) is 10. The maximum Gasteiger partial charge on any atom is 0.341 e. The third-order valence-corrected chi connectivity index (χ3v) is 34.5. The summed E-state index contributed by atoms with van der Waals surface area (Å²) in [6.07, 6.45) is 29.3. The zero-order chi connectivity index (χ0) is 100. The van der Waals surface area contributed by atoms with Crippen LogP contribution < -0.4 is 28.1 Å². The number of methoxy groups -OCH3 is 6. The smallest absolute Gasteiger partial charge is 0.341 e. The summed E-state index contributed by atoms with van der Waals surface area (Å²) in [5.74, 6) is -1.64. The number of hydrogen-bond donors (Lipinski definition) is 5. The summed E-state index contributed by atoms with van der Waals surface area (Å²) in [6.45, 7) is 12.1. The standard InChI is InChI=1S/C22H30N4O3S.2C13H17NO4S.2C12H11ClN2O2S.C12H12N2O3S.C10H20N2O.Cl3OP.2ClH/c1-28-22(27)14-2-7-18-17(12-14)19-20(23-13-24-21(19)30-18)25-15-3-5-16(6-4-15)26-8-10-29-11-9-26;2*1-3-18-13(16)10-8-6-7(12(15)17-2)4-5-9(8)19-11(10)14;2*1-17-12(16)6-2-3-8-7(4-6)9-10(13)14-5-15-11(9)18-8;1-17-12(16)6-2-3-8-7(4-6)9-10(15)13-5-14-11(9)18-8;11-9-1-3-10(4-2-9)12-5-7-13-8-6-12;1-5(2,3)4;;/h13-16H,2-12H2,1H3,(H,23,24,25);2*7H,3-6,14H2,1-2H3;2*5-6H,2-4H2,1H3;5-6H,2-4H2,1H3,(H,13,14,15);9-10H,1-8,11H2;;2*1H. The van der Waals surface area contributed by atoms with E-state index in [2.05, 4.69) is 88.7 Å². The van der Waals surface area contributed by atoms with Crippen LogP contribution >= 0.6 is 155 Å². The van der Waals surface area contributed by atoms with E-state index in [0.717, 1.165) is 234 Å². The number of nitrogen functional groups attached to an aromatic ring is 2. The maximum atomic E-state index is 12.1.